The largest absolute Gasteiger partial charge is 0.378 e. The minimum atomic E-state index is 0.784. The molecule has 0 fully saturated rings. The van der Waals surface area contributed by atoms with Gasteiger partial charge in [-0.25, -0.2) is 0 Å². The Bertz CT molecular complexity index is 448. The van der Waals surface area contributed by atoms with Gasteiger partial charge in [0.05, 0.1) is 23.8 Å². The lowest BCUT2D eigenvalue weighted by Crippen LogP contribution is -2.02. The molecule has 0 amide bonds. The summed E-state index contributed by atoms with van der Waals surface area (Å²) >= 11 is 0. The lowest BCUT2D eigenvalue weighted by molar-refractivity contribution is 0.737. The molecule has 0 spiro atoms. The van der Waals surface area contributed by atoms with Crippen LogP contribution in [0.3, 0.4) is 0 Å². The van der Waals surface area contributed by atoms with Crippen LogP contribution in [0.1, 0.15) is 17.0 Å². The van der Waals surface area contributed by atoms with Crippen molar-refractivity contribution in [2.45, 2.75) is 20.4 Å². The molecule has 0 saturated heterocycles. The first-order valence-corrected chi connectivity index (χ1v) is 5.29. The molecule has 0 aliphatic carbocycles. The summed E-state index contributed by atoms with van der Waals surface area (Å²) in [5, 5.41) is 11.8. The van der Waals surface area contributed by atoms with Crippen molar-refractivity contribution in [2.24, 2.45) is 14.1 Å². The zero-order chi connectivity index (χ0) is 11.7. The first-order valence-electron chi connectivity index (χ1n) is 5.29. The standard InChI is InChI=1S/C11H17N5/c1-8-10(6-13-15(8)3)5-12-11-7-14-16(4)9(11)2/h6-7,12H,5H2,1-4H3. The summed E-state index contributed by atoms with van der Waals surface area (Å²) in [7, 11) is 3.89. The number of hydrogen-bond donors (Lipinski definition) is 1. The highest BCUT2D eigenvalue weighted by atomic mass is 15.3. The highest BCUT2D eigenvalue weighted by Crippen LogP contribution is 2.14. The fourth-order valence-electron chi connectivity index (χ4n) is 1.58. The van der Waals surface area contributed by atoms with Gasteiger partial charge in [-0.1, -0.05) is 0 Å². The van der Waals surface area contributed by atoms with Crippen LogP contribution >= 0.6 is 0 Å². The van der Waals surface area contributed by atoms with E-state index in [0.29, 0.717) is 0 Å². The molecule has 2 heterocycles. The molecule has 86 valence electrons. The Balaban J connectivity index is 2.08. The summed E-state index contributed by atoms with van der Waals surface area (Å²) < 4.78 is 3.74. The molecule has 0 atom stereocenters. The minimum Gasteiger partial charge on any atom is -0.378 e. The van der Waals surface area contributed by atoms with Gasteiger partial charge < -0.3 is 5.32 Å². The van der Waals surface area contributed by atoms with Crippen LogP contribution in [0.4, 0.5) is 5.69 Å². The van der Waals surface area contributed by atoms with Gasteiger partial charge in [0, 0.05) is 31.9 Å². The van der Waals surface area contributed by atoms with Crippen LogP contribution in [-0.4, -0.2) is 19.6 Å². The van der Waals surface area contributed by atoms with Gasteiger partial charge in [0.1, 0.15) is 0 Å². The fourth-order valence-corrected chi connectivity index (χ4v) is 1.58. The average molecular weight is 219 g/mol. The van der Waals surface area contributed by atoms with E-state index in [2.05, 4.69) is 22.4 Å². The van der Waals surface area contributed by atoms with E-state index >= 15 is 0 Å². The number of nitrogens with zero attached hydrogens (tertiary/aromatic N) is 4. The third kappa shape index (κ3) is 1.80. The highest BCUT2D eigenvalue weighted by molar-refractivity contribution is 5.46. The number of aromatic nitrogens is 4. The Morgan fingerprint density at radius 1 is 1.06 bits per heavy atom. The van der Waals surface area contributed by atoms with Crippen molar-refractivity contribution in [1.82, 2.24) is 19.6 Å². The summed E-state index contributed by atoms with van der Waals surface area (Å²) in [6.07, 6.45) is 3.75. The molecular weight excluding hydrogens is 202 g/mol. The zero-order valence-corrected chi connectivity index (χ0v) is 10.2. The minimum absolute atomic E-state index is 0.784. The maximum absolute atomic E-state index is 4.21. The van der Waals surface area contributed by atoms with Crippen LogP contribution in [-0.2, 0) is 20.6 Å². The van der Waals surface area contributed by atoms with Gasteiger partial charge in [0.15, 0.2) is 0 Å². The van der Waals surface area contributed by atoms with E-state index < -0.39 is 0 Å². The predicted octanol–water partition coefficient (Wildman–Crippen LogP) is 1.38. The highest BCUT2D eigenvalue weighted by Gasteiger charge is 2.06. The second kappa shape index (κ2) is 4.00. The molecule has 0 saturated carbocycles. The molecule has 5 nitrogen and oxygen atoms in total. The average Bonchev–Trinajstić information content (AvgIpc) is 2.74. The number of rotatable bonds is 3. The first kappa shape index (κ1) is 10.7. The fraction of sp³-hybridized carbons (Fsp3) is 0.455. The van der Waals surface area contributed by atoms with Crippen molar-refractivity contribution in [3.8, 4) is 0 Å². The quantitative estimate of drug-likeness (QED) is 0.848. The summed E-state index contributed by atoms with van der Waals surface area (Å²) in [5.41, 5.74) is 4.62. The Labute approximate surface area is 95.1 Å². The second-order valence-corrected chi connectivity index (χ2v) is 4.00. The van der Waals surface area contributed by atoms with Crippen molar-refractivity contribution in [2.75, 3.05) is 5.32 Å². The van der Waals surface area contributed by atoms with Crippen LogP contribution in [0.5, 0.6) is 0 Å². The Kier molecular flexibility index (Phi) is 2.68. The van der Waals surface area contributed by atoms with E-state index in [1.807, 2.05) is 42.8 Å². The summed E-state index contributed by atoms with van der Waals surface area (Å²) in [6.45, 7) is 4.90. The monoisotopic (exact) mass is 219 g/mol. The van der Waals surface area contributed by atoms with Gasteiger partial charge in [-0.3, -0.25) is 9.36 Å². The molecule has 2 aromatic heterocycles. The van der Waals surface area contributed by atoms with E-state index in [-0.39, 0.29) is 0 Å². The third-order valence-electron chi connectivity index (χ3n) is 3.04. The number of aryl methyl sites for hydroxylation is 2. The molecule has 5 heteroatoms. The van der Waals surface area contributed by atoms with E-state index in [1.165, 1.54) is 11.3 Å². The lowest BCUT2D eigenvalue weighted by atomic mass is 10.2. The third-order valence-corrected chi connectivity index (χ3v) is 3.04. The van der Waals surface area contributed by atoms with Gasteiger partial charge in [-0.05, 0) is 13.8 Å². The molecule has 2 aromatic rings. The molecule has 0 aliphatic heterocycles. The molecule has 0 bridgehead atoms. The Morgan fingerprint density at radius 2 is 1.69 bits per heavy atom. The second-order valence-electron chi connectivity index (χ2n) is 4.00. The van der Waals surface area contributed by atoms with Crippen LogP contribution in [0.15, 0.2) is 12.4 Å². The molecule has 16 heavy (non-hydrogen) atoms. The van der Waals surface area contributed by atoms with Crippen molar-refractivity contribution >= 4 is 5.69 Å². The molecular formula is C11H17N5. The van der Waals surface area contributed by atoms with Gasteiger partial charge in [-0.15, -0.1) is 0 Å². The van der Waals surface area contributed by atoms with E-state index in [0.717, 1.165) is 17.9 Å². The lowest BCUT2D eigenvalue weighted by Gasteiger charge is -2.05. The molecule has 2 rings (SSSR count). The number of anilines is 1. The van der Waals surface area contributed by atoms with Crippen molar-refractivity contribution < 1.29 is 0 Å². The maximum atomic E-state index is 4.21. The topological polar surface area (TPSA) is 47.7 Å². The predicted molar refractivity (Wildman–Crippen MR) is 63.2 cm³/mol. The van der Waals surface area contributed by atoms with Gasteiger partial charge in [0.2, 0.25) is 0 Å². The van der Waals surface area contributed by atoms with Gasteiger partial charge in [0.25, 0.3) is 0 Å². The zero-order valence-electron chi connectivity index (χ0n) is 10.2. The van der Waals surface area contributed by atoms with Gasteiger partial charge >= 0.3 is 0 Å². The normalized spacial score (nSPS) is 10.8. The molecule has 0 aliphatic rings. The molecule has 0 unspecified atom stereocenters. The molecule has 0 radical (unpaired) electrons. The van der Waals surface area contributed by atoms with Crippen molar-refractivity contribution in [1.29, 1.82) is 0 Å². The number of hydrogen-bond acceptors (Lipinski definition) is 3. The first-order chi connectivity index (χ1) is 7.59. The maximum Gasteiger partial charge on any atom is 0.0758 e. The van der Waals surface area contributed by atoms with E-state index in [1.54, 1.807) is 0 Å². The Hall–Kier alpha value is -1.78. The molecule has 0 aromatic carbocycles. The number of nitrogens with one attached hydrogen (secondary N) is 1. The van der Waals surface area contributed by atoms with Crippen LogP contribution in [0.2, 0.25) is 0 Å². The van der Waals surface area contributed by atoms with Gasteiger partial charge in [-0.2, -0.15) is 10.2 Å². The smallest absolute Gasteiger partial charge is 0.0758 e. The van der Waals surface area contributed by atoms with Crippen LogP contribution in [0.25, 0.3) is 0 Å². The summed E-state index contributed by atoms with van der Waals surface area (Å²) in [4.78, 5) is 0. The SMILES string of the molecule is Cc1c(CNc2cnn(C)c2C)cnn1C. The summed E-state index contributed by atoms with van der Waals surface area (Å²) in [5.74, 6) is 0. The van der Waals surface area contributed by atoms with E-state index in [9.17, 15) is 0 Å². The van der Waals surface area contributed by atoms with Crippen molar-refractivity contribution in [3.05, 3.63) is 29.3 Å². The van der Waals surface area contributed by atoms with E-state index in [4.69, 9.17) is 0 Å². The van der Waals surface area contributed by atoms with Crippen molar-refractivity contribution in [3.63, 3.8) is 0 Å². The Morgan fingerprint density at radius 3 is 2.19 bits per heavy atom. The van der Waals surface area contributed by atoms with Crippen LogP contribution in [0, 0.1) is 13.8 Å². The van der Waals surface area contributed by atoms with Crippen LogP contribution < -0.4 is 5.32 Å². The molecule has 1 N–H and O–H groups in total. The summed E-state index contributed by atoms with van der Waals surface area (Å²) in [6, 6.07) is 0.